The Morgan fingerprint density at radius 1 is 0.821 bits per heavy atom. The van der Waals surface area contributed by atoms with E-state index in [9.17, 15) is 0 Å². The molecule has 0 saturated heterocycles. The maximum Gasteiger partial charge on any atom is 0.115 e. The lowest BCUT2D eigenvalue weighted by molar-refractivity contribution is 0.654. The van der Waals surface area contributed by atoms with Crippen LogP contribution in [0.25, 0.3) is 32.2 Å². The van der Waals surface area contributed by atoms with E-state index in [1.54, 1.807) is 11.3 Å². The van der Waals surface area contributed by atoms with Crippen molar-refractivity contribution in [1.82, 2.24) is 9.97 Å². The molecule has 0 saturated carbocycles. The average molecular weight is 492 g/mol. The smallest absolute Gasteiger partial charge is 0.115 e. The monoisotopic (exact) mass is 490 g/mol. The molecule has 28 heavy (non-hydrogen) atoms. The Balaban J connectivity index is 1.83. The molecule has 0 aromatic carbocycles. The van der Waals surface area contributed by atoms with E-state index in [0.29, 0.717) is 11.8 Å². The fourth-order valence-corrected chi connectivity index (χ4v) is 6.85. The zero-order valence-corrected chi connectivity index (χ0v) is 20.5. The highest BCUT2D eigenvalue weighted by molar-refractivity contribution is 9.11. The van der Waals surface area contributed by atoms with Gasteiger partial charge in [0.05, 0.1) is 13.5 Å². The minimum absolute atomic E-state index is 0.654. The van der Waals surface area contributed by atoms with E-state index in [0.717, 1.165) is 39.0 Å². The SMILES string of the molecule is CC(C)Cc1ccc(-c2nc3csc(Br)c3nc2-c2ccc(CC(C)C)s2)s1. The fraction of sp³-hybridized carbons (Fsp3) is 0.364. The molecule has 146 valence electrons. The molecular formula is C22H23BrN2S3. The lowest BCUT2D eigenvalue weighted by atomic mass is 10.1. The fourth-order valence-electron chi connectivity index (χ4n) is 3.22. The molecule has 0 radical (unpaired) electrons. The van der Waals surface area contributed by atoms with Gasteiger partial charge in [0.1, 0.15) is 22.4 Å². The van der Waals surface area contributed by atoms with Crippen molar-refractivity contribution in [2.24, 2.45) is 11.8 Å². The summed E-state index contributed by atoms with van der Waals surface area (Å²) < 4.78 is 1.05. The van der Waals surface area contributed by atoms with Gasteiger partial charge in [0.15, 0.2) is 0 Å². The van der Waals surface area contributed by atoms with Crippen molar-refractivity contribution in [2.75, 3.05) is 0 Å². The van der Waals surface area contributed by atoms with Gasteiger partial charge >= 0.3 is 0 Å². The number of hydrogen-bond donors (Lipinski definition) is 0. The molecule has 6 heteroatoms. The van der Waals surface area contributed by atoms with E-state index >= 15 is 0 Å². The van der Waals surface area contributed by atoms with E-state index in [-0.39, 0.29) is 0 Å². The van der Waals surface area contributed by atoms with E-state index in [2.05, 4.69) is 73.3 Å². The summed E-state index contributed by atoms with van der Waals surface area (Å²) in [5.41, 5.74) is 3.94. The molecule has 0 unspecified atom stereocenters. The summed E-state index contributed by atoms with van der Waals surface area (Å²) in [7, 11) is 0. The summed E-state index contributed by atoms with van der Waals surface area (Å²) >= 11 is 8.99. The quantitative estimate of drug-likeness (QED) is 0.271. The van der Waals surface area contributed by atoms with Crippen LogP contribution in [-0.2, 0) is 12.8 Å². The molecule has 0 fully saturated rings. The number of nitrogens with zero attached hydrogens (tertiary/aromatic N) is 2. The molecule has 4 rings (SSSR count). The van der Waals surface area contributed by atoms with Crippen molar-refractivity contribution in [3.05, 3.63) is 43.2 Å². The first-order valence-electron chi connectivity index (χ1n) is 9.53. The normalized spacial score (nSPS) is 12.0. The van der Waals surface area contributed by atoms with Crippen LogP contribution in [0, 0.1) is 11.8 Å². The third-order valence-electron chi connectivity index (χ3n) is 4.39. The summed E-state index contributed by atoms with van der Waals surface area (Å²) in [6.45, 7) is 9.06. The van der Waals surface area contributed by atoms with E-state index in [1.807, 2.05) is 22.7 Å². The highest BCUT2D eigenvalue weighted by atomic mass is 79.9. The van der Waals surface area contributed by atoms with Crippen LogP contribution in [-0.4, -0.2) is 9.97 Å². The lowest BCUT2D eigenvalue weighted by Gasteiger charge is -2.06. The van der Waals surface area contributed by atoms with Gasteiger partial charge in [0.25, 0.3) is 0 Å². The Bertz CT molecular complexity index is 1100. The van der Waals surface area contributed by atoms with Gasteiger partial charge in [0, 0.05) is 15.1 Å². The number of halogens is 1. The second-order valence-corrected chi connectivity index (χ2v) is 12.4. The molecule has 0 bridgehead atoms. The molecular weight excluding hydrogens is 468 g/mol. The summed E-state index contributed by atoms with van der Waals surface area (Å²) in [6.07, 6.45) is 2.21. The second kappa shape index (κ2) is 8.34. The molecule has 4 heterocycles. The van der Waals surface area contributed by atoms with Crippen LogP contribution in [0.4, 0.5) is 0 Å². The molecule has 0 spiro atoms. The number of hydrogen-bond acceptors (Lipinski definition) is 5. The largest absolute Gasteiger partial charge is 0.242 e. The zero-order chi connectivity index (χ0) is 19.8. The summed E-state index contributed by atoms with van der Waals surface area (Å²) in [5, 5.41) is 2.08. The lowest BCUT2D eigenvalue weighted by Crippen LogP contribution is -1.92. The summed E-state index contributed by atoms with van der Waals surface area (Å²) in [6, 6.07) is 8.92. The van der Waals surface area contributed by atoms with Crippen LogP contribution >= 0.6 is 49.9 Å². The molecule has 4 aromatic rings. The highest BCUT2D eigenvalue weighted by Crippen LogP contribution is 2.40. The van der Waals surface area contributed by atoms with E-state index in [1.165, 1.54) is 19.5 Å². The van der Waals surface area contributed by atoms with Gasteiger partial charge in [-0.25, -0.2) is 9.97 Å². The van der Waals surface area contributed by atoms with Crippen LogP contribution in [0.15, 0.2) is 33.4 Å². The number of rotatable bonds is 6. The van der Waals surface area contributed by atoms with Crippen molar-refractivity contribution < 1.29 is 0 Å². The minimum atomic E-state index is 0.654. The van der Waals surface area contributed by atoms with Crippen LogP contribution in [0.5, 0.6) is 0 Å². The van der Waals surface area contributed by atoms with Crippen molar-refractivity contribution in [3.8, 4) is 21.1 Å². The molecule has 0 aliphatic heterocycles. The number of thiophene rings is 3. The Kier molecular flexibility index (Phi) is 6.02. The van der Waals surface area contributed by atoms with Gasteiger partial charge in [-0.2, -0.15) is 0 Å². The standard InChI is InChI=1S/C22H23BrN2S3/c1-12(2)9-14-5-7-17(27-14)20-21(18-8-6-15(28-18)10-13(3)4)25-19-16(24-20)11-26-22(19)23/h5-8,11-13H,9-10H2,1-4H3. The molecule has 0 amide bonds. The van der Waals surface area contributed by atoms with Gasteiger partial charge in [-0.15, -0.1) is 34.0 Å². The first-order chi connectivity index (χ1) is 13.4. The van der Waals surface area contributed by atoms with Gasteiger partial charge in [-0.1, -0.05) is 27.7 Å². The maximum atomic E-state index is 5.06. The summed E-state index contributed by atoms with van der Waals surface area (Å²) in [4.78, 5) is 15.3. The molecule has 0 atom stereocenters. The minimum Gasteiger partial charge on any atom is -0.242 e. The molecule has 2 nitrogen and oxygen atoms in total. The maximum absolute atomic E-state index is 5.06. The van der Waals surface area contributed by atoms with Gasteiger partial charge < -0.3 is 0 Å². The van der Waals surface area contributed by atoms with Crippen LogP contribution in [0.3, 0.4) is 0 Å². The van der Waals surface area contributed by atoms with Crippen molar-refractivity contribution in [1.29, 1.82) is 0 Å². The third-order valence-corrected chi connectivity index (χ3v) is 8.30. The van der Waals surface area contributed by atoms with Crippen molar-refractivity contribution in [2.45, 2.75) is 40.5 Å². The molecule has 0 aliphatic carbocycles. The highest BCUT2D eigenvalue weighted by Gasteiger charge is 2.19. The number of fused-ring (bicyclic) bond motifs is 1. The van der Waals surface area contributed by atoms with Crippen LogP contribution < -0.4 is 0 Å². The van der Waals surface area contributed by atoms with Gasteiger partial charge in [-0.3, -0.25) is 0 Å². The predicted molar refractivity (Wildman–Crippen MR) is 129 cm³/mol. The topological polar surface area (TPSA) is 25.8 Å². The average Bonchev–Trinajstić information content (AvgIpc) is 3.34. The Labute approximate surface area is 186 Å². The number of aromatic nitrogens is 2. The Morgan fingerprint density at radius 3 is 1.89 bits per heavy atom. The first-order valence-corrected chi connectivity index (χ1v) is 12.8. The third kappa shape index (κ3) is 4.25. The van der Waals surface area contributed by atoms with Gasteiger partial charge in [0.2, 0.25) is 0 Å². The second-order valence-electron chi connectivity index (χ2n) is 7.89. The van der Waals surface area contributed by atoms with Gasteiger partial charge in [-0.05, 0) is 64.9 Å². The van der Waals surface area contributed by atoms with Crippen LogP contribution in [0.1, 0.15) is 37.4 Å². The van der Waals surface area contributed by atoms with Crippen molar-refractivity contribution >= 4 is 61.0 Å². The zero-order valence-electron chi connectivity index (χ0n) is 16.5. The Hall–Kier alpha value is -1.08. The van der Waals surface area contributed by atoms with E-state index < -0.39 is 0 Å². The molecule has 4 aromatic heterocycles. The predicted octanol–water partition coefficient (Wildman–Crippen LogP) is 8.31. The molecule has 0 aliphatic rings. The van der Waals surface area contributed by atoms with Crippen LogP contribution in [0.2, 0.25) is 0 Å². The molecule has 0 N–H and O–H groups in total. The van der Waals surface area contributed by atoms with Crippen molar-refractivity contribution in [3.63, 3.8) is 0 Å². The Morgan fingerprint density at radius 2 is 1.36 bits per heavy atom. The first kappa shape index (κ1) is 20.2. The van der Waals surface area contributed by atoms with E-state index in [4.69, 9.17) is 9.97 Å². The summed E-state index contributed by atoms with van der Waals surface area (Å²) in [5.74, 6) is 1.31.